The molecule has 0 aromatic heterocycles. The van der Waals surface area contributed by atoms with Crippen LogP contribution in [-0.4, -0.2) is 32.0 Å². The quantitative estimate of drug-likeness (QED) is 0.592. The third kappa shape index (κ3) is 11.2. The highest BCUT2D eigenvalue weighted by atomic mass is 19.4. The van der Waals surface area contributed by atoms with E-state index in [9.17, 15) is 18.0 Å². The molecule has 0 unspecified atom stereocenters. The van der Waals surface area contributed by atoms with Gasteiger partial charge in [0.05, 0.1) is 6.61 Å². The van der Waals surface area contributed by atoms with Crippen LogP contribution in [0.4, 0.5) is 13.2 Å². The van der Waals surface area contributed by atoms with Gasteiger partial charge in [0.25, 0.3) is 0 Å². The molecule has 0 aromatic rings. The number of carbonyl (C=O) groups excluding carboxylic acids is 1. The van der Waals surface area contributed by atoms with E-state index < -0.39 is 18.9 Å². The monoisotopic (exact) mass is 200 g/mol. The van der Waals surface area contributed by atoms with Gasteiger partial charge in [-0.25, -0.2) is 0 Å². The molecule has 0 heterocycles. The van der Waals surface area contributed by atoms with Crippen molar-refractivity contribution in [3.63, 3.8) is 0 Å². The number of hydrogen-bond donors (Lipinski definition) is 2. The molecular weight excluding hydrogens is 189 g/mol. The Kier molecular flexibility index (Phi) is 5.40. The number of alkyl halides is 3. The zero-order chi connectivity index (χ0) is 10.3. The number of ether oxygens (including phenoxy) is 1. The summed E-state index contributed by atoms with van der Waals surface area (Å²) >= 11 is 0. The summed E-state index contributed by atoms with van der Waals surface area (Å²) < 4.78 is 37.6. The van der Waals surface area contributed by atoms with Gasteiger partial charge < -0.3 is 11.1 Å². The largest absolute Gasteiger partial charge is 0.522 e. The summed E-state index contributed by atoms with van der Waals surface area (Å²) in [6, 6.07) is 0. The number of nitrogens with one attached hydrogen (secondary N) is 1. The van der Waals surface area contributed by atoms with Gasteiger partial charge >= 0.3 is 6.36 Å². The van der Waals surface area contributed by atoms with Gasteiger partial charge in [0.2, 0.25) is 5.91 Å². The van der Waals surface area contributed by atoms with Gasteiger partial charge in [-0.15, -0.1) is 13.2 Å². The molecule has 0 bridgehead atoms. The lowest BCUT2D eigenvalue weighted by Crippen LogP contribution is -2.27. The van der Waals surface area contributed by atoms with Crippen molar-refractivity contribution >= 4 is 5.91 Å². The predicted molar refractivity (Wildman–Crippen MR) is 38.7 cm³/mol. The zero-order valence-corrected chi connectivity index (χ0v) is 6.86. The highest BCUT2D eigenvalue weighted by molar-refractivity contribution is 5.73. The fourth-order valence-electron chi connectivity index (χ4n) is 0.576. The normalized spacial score (nSPS) is 11.6. The molecule has 0 saturated carbocycles. The molecule has 4 nitrogen and oxygen atoms in total. The Hall–Kier alpha value is -0.820. The maximum Gasteiger partial charge on any atom is 0.522 e. The van der Waals surface area contributed by atoms with Gasteiger partial charge in [-0.2, -0.15) is 0 Å². The molecule has 0 aliphatic heterocycles. The number of hydrogen-bond acceptors (Lipinski definition) is 3. The fourth-order valence-corrected chi connectivity index (χ4v) is 0.576. The molecule has 0 aliphatic rings. The van der Waals surface area contributed by atoms with Crippen LogP contribution in [-0.2, 0) is 9.53 Å². The van der Waals surface area contributed by atoms with E-state index in [-0.39, 0.29) is 19.5 Å². The molecular formula is C6H11F3N2O2. The minimum Gasteiger partial charge on any atom is -0.370 e. The van der Waals surface area contributed by atoms with Gasteiger partial charge in [0.15, 0.2) is 0 Å². The lowest BCUT2D eigenvalue weighted by Gasteiger charge is -2.07. The summed E-state index contributed by atoms with van der Waals surface area (Å²) in [6.45, 7) is -0.175. The summed E-state index contributed by atoms with van der Waals surface area (Å²) in [7, 11) is 0. The molecule has 13 heavy (non-hydrogen) atoms. The van der Waals surface area contributed by atoms with Gasteiger partial charge in [0, 0.05) is 19.5 Å². The second kappa shape index (κ2) is 5.76. The molecule has 78 valence electrons. The number of primary amides is 1. The second-order valence-electron chi connectivity index (χ2n) is 2.26. The van der Waals surface area contributed by atoms with Crippen LogP contribution in [0.3, 0.4) is 0 Å². The van der Waals surface area contributed by atoms with Crippen LogP contribution in [0.15, 0.2) is 0 Å². The Morgan fingerprint density at radius 1 is 1.38 bits per heavy atom. The molecule has 0 saturated heterocycles. The zero-order valence-electron chi connectivity index (χ0n) is 6.86. The van der Waals surface area contributed by atoms with Crippen molar-refractivity contribution in [2.45, 2.75) is 12.8 Å². The van der Waals surface area contributed by atoms with E-state index in [1.54, 1.807) is 0 Å². The van der Waals surface area contributed by atoms with Gasteiger partial charge in [-0.05, 0) is 0 Å². The maximum atomic E-state index is 11.4. The number of rotatable bonds is 6. The van der Waals surface area contributed by atoms with Gasteiger partial charge in [0.1, 0.15) is 0 Å². The van der Waals surface area contributed by atoms with Crippen LogP contribution in [0.5, 0.6) is 0 Å². The SMILES string of the molecule is NC(=O)CCNCCOC(F)(F)F. The Morgan fingerprint density at radius 2 is 2.00 bits per heavy atom. The van der Waals surface area contributed by atoms with E-state index in [1.165, 1.54) is 0 Å². The second-order valence-corrected chi connectivity index (χ2v) is 2.26. The first-order valence-electron chi connectivity index (χ1n) is 3.61. The highest BCUT2D eigenvalue weighted by Crippen LogP contribution is 2.14. The van der Waals surface area contributed by atoms with Crippen LogP contribution in [0.2, 0.25) is 0 Å². The Labute approximate surface area is 73.2 Å². The summed E-state index contributed by atoms with van der Waals surface area (Å²) in [5.41, 5.74) is 4.79. The fraction of sp³-hybridized carbons (Fsp3) is 0.833. The Balaban J connectivity index is 3.13. The number of halogens is 3. The first-order valence-corrected chi connectivity index (χ1v) is 3.61. The van der Waals surface area contributed by atoms with E-state index >= 15 is 0 Å². The Bertz CT molecular complexity index is 160. The van der Waals surface area contributed by atoms with E-state index in [1.807, 2.05) is 0 Å². The van der Waals surface area contributed by atoms with Crippen molar-refractivity contribution in [1.82, 2.24) is 5.32 Å². The lowest BCUT2D eigenvalue weighted by atomic mass is 10.4. The van der Waals surface area contributed by atoms with Crippen LogP contribution in [0, 0.1) is 0 Å². The standard InChI is InChI=1S/C6H11F3N2O2/c7-6(8,9)13-4-3-11-2-1-5(10)12/h11H,1-4H2,(H2,10,12). The minimum absolute atomic E-state index is 0.0345. The van der Waals surface area contributed by atoms with Gasteiger partial charge in [-0.3, -0.25) is 9.53 Å². The van der Waals surface area contributed by atoms with Crippen molar-refractivity contribution in [3.8, 4) is 0 Å². The van der Waals surface area contributed by atoms with E-state index in [0.717, 1.165) is 0 Å². The van der Waals surface area contributed by atoms with Crippen molar-refractivity contribution in [1.29, 1.82) is 0 Å². The van der Waals surface area contributed by atoms with Crippen LogP contribution in [0.1, 0.15) is 6.42 Å². The van der Waals surface area contributed by atoms with Crippen LogP contribution < -0.4 is 11.1 Å². The first-order chi connectivity index (χ1) is 5.92. The molecule has 0 radical (unpaired) electrons. The van der Waals surface area contributed by atoms with Crippen molar-refractivity contribution < 1.29 is 22.7 Å². The van der Waals surface area contributed by atoms with Crippen LogP contribution >= 0.6 is 0 Å². The topological polar surface area (TPSA) is 64.4 Å². The molecule has 1 amide bonds. The van der Waals surface area contributed by atoms with Crippen molar-refractivity contribution in [2.24, 2.45) is 5.73 Å². The summed E-state index contributed by atoms with van der Waals surface area (Å²) in [6.07, 6.45) is -4.49. The highest BCUT2D eigenvalue weighted by Gasteiger charge is 2.28. The summed E-state index contributed by atoms with van der Waals surface area (Å²) in [5.74, 6) is -0.496. The summed E-state index contributed by atoms with van der Waals surface area (Å²) in [5, 5.41) is 2.56. The molecule has 0 spiro atoms. The average Bonchev–Trinajstić information content (AvgIpc) is 1.93. The lowest BCUT2D eigenvalue weighted by molar-refractivity contribution is -0.323. The maximum absolute atomic E-state index is 11.4. The van der Waals surface area contributed by atoms with E-state index in [2.05, 4.69) is 10.1 Å². The molecule has 3 N–H and O–H groups in total. The average molecular weight is 200 g/mol. The smallest absolute Gasteiger partial charge is 0.370 e. The van der Waals surface area contributed by atoms with Crippen molar-refractivity contribution in [2.75, 3.05) is 19.7 Å². The molecule has 0 fully saturated rings. The number of nitrogens with two attached hydrogens (primary N) is 1. The predicted octanol–water partition coefficient (Wildman–Crippen LogP) is -0.0122. The molecule has 0 atom stereocenters. The van der Waals surface area contributed by atoms with E-state index in [4.69, 9.17) is 5.73 Å². The molecule has 0 aromatic carbocycles. The minimum atomic E-state index is -4.59. The molecule has 0 aliphatic carbocycles. The number of amides is 1. The first kappa shape index (κ1) is 12.2. The van der Waals surface area contributed by atoms with E-state index in [0.29, 0.717) is 0 Å². The Morgan fingerprint density at radius 3 is 2.46 bits per heavy atom. The molecule has 7 heteroatoms. The summed E-state index contributed by atoms with van der Waals surface area (Å²) in [4.78, 5) is 10.2. The van der Waals surface area contributed by atoms with Crippen molar-refractivity contribution in [3.05, 3.63) is 0 Å². The molecule has 0 rings (SSSR count). The van der Waals surface area contributed by atoms with Crippen LogP contribution in [0.25, 0.3) is 0 Å². The third-order valence-corrected chi connectivity index (χ3v) is 1.09. The number of carbonyl (C=O) groups is 1. The third-order valence-electron chi connectivity index (χ3n) is 1.09. The van der Waals surface area contributed by atoms with Gasteiger partial charge in [-0.1, -0.05) is 0 Å².